The van der Waals surface area contributed by atoms with Crippen molar-refractivity contribution in [1.29, 1.82) is 0 Å². The summed E-state index contributed by atoms with van der Waals surface area (Å²) in [6.07, 6.45) is -0.121. The number of halogens is 4. The third-order valence-electron chi connectivity index (χ3n) is 5.64. The van der Waals surface area contributed by atoms with E-state index >= 15 is 0 Å². The molecule has 4 rings (SSSR count). The van der Waals surface area contributed by atoms with E-state index in [4.69, 9.17) is 11.6 Å². The van der Waals surface area contributed by atoms with Gasteiger partial charge in [0.1, 0.15) is 5.69 Å². The van der Waals surface area contributed by atoms with E-state index in [-0.39, 0.29) is 29.5 Å². The third-order valence-corrected chi connectivity index (χ3v) is 5.95. The van der Waals surface area contributed by atoms with Crippen molar-refractivity contribution in [3.05, 3.63) is 69.8 Å². The molecule has 0 radical (unpaired) electrons. The first-order valence-corrected chi connectivity index (χ1v) is 10.4. The van der Waals surface area contributed by atoms with Gasteiger partial charge in [-0.25, -0.2) is 0 Å². The number of fused-ring (bicyclic) bond motifs is 1. The number of nitrogens with one attached hydrogen (secondary N) is 1. The lowest BCUT2D eigenvalue weighted by Crippen LogP contribution is -2.43. The molecule has 1 aromatic carbocycles. The Morgan fingerprint density at radius 1 is 1.21 bits per heavy atom. The number of aromatic nitrogens is 3. The van der Waals surface area contributed by atoms with Gasteiger partial charge < -0.3 is 10.2 Å². The van der Waals surface area contributed by atoms with Gasteiger partial charge in [0.05, 0.1) is 40.3 Å². The van der Waals surface area contributed by atoms with Crippen LogP contribution in [-0.2, 0) is 6.18 Å². The van der Waals surface area contributed by atoms with E-state index in [1.807, 2.05) is 13.8 Å². The van der Waals surface area contributed by atoms with Crippen molar-refractivity contribution in [2.45, 2.75) is 33.0 Å². The standard InChI is InChI=1S/C22H19ClF3N5O2/c1-11-7-27-9-18(13(11)3)29-20(32)15-8-28-31-12(2)10-30(21(33)19(15)31)14-4-5-16(17(23)6-14)22(24,25)26/h4-9,12H,10H2,1-3H3,(H,29,32)/t12-/m0/s1. The molecule has 1 atom stereocenters. The molecule has 2 aromatic heterocycles. The van der Waals surface area contributed by atoms with Crippen molar-refractivity contribution in [3.8, 4) is 0 Å². The van der Waals surface area contributed by atoms with Gasteiger partial charge in [0.2, 0.25) is 0 Å². The molecule has 3 aromatic rings. The van der Waals surface area contributed by atoms with Crippen LogP contribution in [0.1, 0.15) is 50.5 Å². The van der Waals surface area contributed by atoms with E-state index in [1.54, 1.807) is 13.1 Å². The minimum Gasteiger partial charge on any atom is -0.320 e. The summed E-state index contributed by atoms with van der Waals surface area (Å²) in [5.74, 6) is -1.11. The van der Waals surface area contributed by atoms with E-state index in [2.05, 4.69) is 15.4 Å². The number of aryl methyl sites for hydroxylation is 1. The molecule has 0 aliphatic carbocycles. The predicted molar refractivity (Wildman–Crippen MR) is 117 cm³/mol. The molecule has 1 aliphatic heterocycles. The van der Waals surface area contributed by atoms with Crippen LogP contribution >= 0.6 is 11.6 Å². The average Bonchev–Trinajstić information content (AvgIpc) is 3.19. The van der Waals surface area contributed by atoms with Crippen LogP contribution in [0.5, 0.6) is 0 Å². The van der Waals surface area contributed by atoms with Gasteiger partial charge in [-0.05, 0) is 50.1 Å². The van der Waals surface area contributed by atoms with Crippen LogP contribution in [0, 0.1) is 13.8 Å². The first kappa shape index (κ1) is 22.8. The zero-order chi connectivity index (χ0) is 24.1. The average molecular weight is 478 g/mol. The number of rotatable bonds is 3. The van der Waals surface area contributed by atoms with Crippen LogP contribution in [-0.4, -0.2) is 33.1 Å². The van der Waals surface area contributed by atoms with Crippen LogP contribution in [0.15, 0.2) is 36.8 Å². The quantitative estimate of drug-likeness (QED) is 0.573. The van der Waals surface area contributed by atoms with Crippen molar-refractivity contribution in [2.75, 3.05) is 16.8 Å². The summed E-state index contributed by atoms with van der Waals surface area (Å²) in [5.41, 5.74) is 1.53. The molecule has 2 amide bonds. The van der Waals surface area contributed by atoms with Crippen LogP contribution in [0.3, 0.4) is 0 Å². The Hall–Kier alpha value is -3.40. The number of carbonyl (C=O) groups is 2. The lowest BCUT2D eigenvalue weighted by Gasteiger charge is -2.32. The monoisotopic (exact) mass is 477 g/mol. The summed E-state index contributed by atoms with van der Waals surface area (Å²) < 4.78 is 40.6. The van der Waals surface area contributed by atoms with E-state index < -0.39 is 28.6 Å². The van der Waals surface area contributed by atoms with Gasteiger partial charge in [0, 0.05) is 18.4 Å². The van der Waals surface area contributed by atoms with Crippen LogP contribution in [0.4, 0.5) is 24.5 Å². The van der Waals surface area contributed by atoms with Gasteiger partial charge in [0.25, 0.3) is 11.8 Å². The maximum absolute atomic E-state index is 13.3. The molecule has 7 nitrogen and oxygen atoms in total. The van der Waals surface area contributed by atoms with Gasteiger partial charge in [0.15, 0.2) is 0 Å². The Morgan fingerprint density at radius 3 is 2.61 bits per heavy atom. The molecule has 1 aliphatic rings. The van der Waals surface area contributed by atoms with Crippen molar-refractivity contribution in [3.63, 3.8) is 0 Å². The highest BCUT2D eigenvalue weighted by Gasteiger charge is 2.37. The number of nitrogens with zero attached hydrogens (tertiary/aromatic N) is 4. The Kier molecular flexibility index (Phi) is 5.65. The highest BCUT2D eigenvalue weighted by atomic mass is 35.5. The van der Waals surface area contributed by atoms with Crippen molar-refractivity contribution < 1.29 is 22.8 Å². The highest BCUT2D eigenvalue weighted by molar-refractivity contribution is 6.32. The highest BCUT2D eigenvalue weighted by Crippen LogP contribution is 2.38. The molecule has 0 unspecified atom stereocenters. The van der Waals surface area contributed by atoms with Crippen molar-refractivity contribution in [2.24, 2.45) is 0 Å². The molecule has 172 valence electrons. The maximum atomic E-state index is 13.3. The largest absolute Gasteiger partial charge is 0.417 e. The Balaban J connectivity index is 1.68. The normalized spacial score (nSPS) is 16.0. The zero-order valence-corrected chi connectivity index (χ0v) is 18.6. The van der Waals surface area contributed by atoms with Gasteiger partial charge in [-0.1, -0.05) is 11.6 Å². The lowest BCUT2D eigenvalue weighted by molar-refractivity contribution is -0.137. The van der Waals surface area contributed by atoms with Crippen LogP contribution in [0.25, 0.3) is 0 Å². The van der Waals surface area contributed by atoms with Crippen LogP contribution < -0.4 is 10.2 Å². The zero-order valence-electron chi connectivity index (χ0n) is 17.9. The number of hydrogen-bond acceptors (Lipinski definition) is 4. The van der Waals surface area contributed by atoms with Gasteiger partial charge in [-0.2, -0.15) is 18.3 Å². The van der Waals surface area contributed by atoms with E-state index in [1.165, 1.54) is 28.0 Å². The molecule has 0 spiro atoms. The van der Waals surface area contributed by atoms with Gasteiger partial charge in [-0.15, -0.1) is 0 Å². The molecule has 0 fully saturated rings. The summed E-state index contributed by atoms with van der Waals surface area (Å²) in [7, 11) is 0. The fraction of sp³-hybridized carbons (Fsp3) is 0.273. The molecule has 0 saturated heterocycles. The number of amides is 2. The number of anilines is 2. The summed E-state index contributed by atoms with van der Waals surface area (Å²) in [6.45, 7) is 5.64. The summed E-state index contributed by atoms with van der Waals surface area (Å²) in [5, 5.41) is 6.44. The first-order chi connectivity index (χ1) is 15.5. The molecule has 1 N–H and O–H groups in total. The van der Waals surface area contributed by atoms with E-state index in [9.17, 15) is 22.8 Å². The summed E-state index contributed by atoms with van der Waals surface area (Å²) in [6, 6.07) is 2.79. The third kappa shape index (κ3) is 4.06. The number of hydrogen-bond donors (Lipinski definition) is 1. The second kappa shape index (κ2) is 8.18. The fourth-order valence-corrected chi connectivity index (χ4v) is 3.98. The Morgan fingerprint density at radius 2 is 1.94 bits per heavy atom. The minimum absolute atomic E-state index is 0.0422. The second-order valence-corrected chi connectivity index (χ2v) is 8.27. The molecule has 3 heterocycles. The van der Waals surface area contributed by atoms with Gasteiger partial charge >= 0.3 is 6.18 Å². The molecule has 11 heteroatoms. The summed E-state index contributed by atoms with van der Waals surface area (Å²) in [4.78, 5) is 31.7. The predicted octanol–water partition coefficient (Wildman–Crippen LogP) is 5.04. The molecular formula is C22H19ClF3N5O2. The topological polar surface area (TPSA) is 80.1 Å². The smallest absolute Gasteiger partial charge is 0.320 e. The first-order valence-electron chi connectivity index (χ1n) is 9.97. The molecular weight excluding hydrogens is 459 g/mol. The number of alkyl halides is 3. The number of benzene rings is 1. The van der Waals surface area contributed by atoms with Crippen LogP contribution in [0.2, 0.25) is 5.02 Å². The number of pyridine rings is 1. The Labute approximate surface area is 192 Å². The van der Waals surface area contributed by atoms with Gasteiger partial charge in [-0.3, -0.25) is 19.3 Å². The number of carbonyl (C=O) groups excluding carboxylic acids is 2. The fourth-order valence-electron chi connectivity index (χ4n) is 3.70. The Bertz CT molecular complexity index is 1270. The minimum atomic E-state index is -4.61. The van der Waals surface area contributed by atoms with Crippen molar-refractivity contribution in [1.82, 2.24) is 14.8 Å². The lowest BCUT2D eigenvalue weighted by atomic mass is 10.1. The maximum Gasteiger partial charge on any atom is 0.417 e. The van der Waals surface area contributed by atoms with Crippen molar-refractivity contribution >= 4 is 34.8 Å². The molecule has 0 saturated carbocycles. The van der Waals surface area contributed by atoms with E-state index in [0.717, 1.165) is 23.3 Å². The SMILES string of the molecule is Cc1cncc(NC(=O)c2cnn3c2C(=O)N(c2ccc(C(F)(F)F)c(Cl)c2)C[C@@H]3C)c1C. The summed E-state index contributed by atoms with van der Waals surface area (Å²) >= 11 is 5.85. The molecule has 0 bridgehead atoms. The second-order valence-electron chi connectivity index (χ2n) is 7.86. The molecule has 33 heavy (non-hydrogen) atoms. The van der Waals surface area contributed by atoms with E-state index in [0.29, 0.717) is 5.69 Å².